The summed E-state index contributed by atoms with van der Waals surface area (Å²) < 4.78 is 0. The number of rotatable bonds is 12. The van der Waals surface area contributed by atoms with Crippen molar-refractivity contribution in [2.75, 3.05) is 10.6 Å². The number of hydrogen-bond acceptors (Lipinski definition) is 6. The number of carbonyl (C=O) groups excluding carboxylic acids is 4. The van der Waals surface area contributed by atoms with Gasteiger partial charge in [-0.15, -0.1) is 0 Å². The van der Waals surface area contributed by atoms with Gasteiger partial charge in [0.25, 0.3) is 0 Å². The van der Waals surface area contributed by atoms with E-state index in [0.717, 1.165) is 11.1 Å². The lowest BCUT2D eigenvalue weighted by molar-refractivity contribution is -0.124. The SMILES string of the molecule is Cc1c(Cl)cccc1NC(=O)CCC(=O)N/N=C\c1ccc(/C=N\NC(=O)CCC(=O)Nc2cccc(Cl)c2C)cc1. The largest absolute Gasteiger partial charge is 0.326 e. The average Bonchev–Trinajstić information content (AvgIpc) is 2.96. The summed E-state index contributed by atoms with van der Waals surface area (Å²) in [6, 6.07) is 17.4. The molecule has 0 aliphatic carbocycles. The number of benzene rings is 3. The van der Waals surface area contributed by atoms with Crippen molar-refractivity contribution in [2.24, 2.45) is 10.2 Å². The van der Waals surface area contributed by atoms with E-state index in [9.17, 15) is 19.2 Å². The van der Waals surface area contributed by atoms with Gasteiger partial charge in [-0.3, -0.25) is 19.2 Å². The fourth-order valence-corrected chi connectivity index (χ4v) is 3.85. The zero-order chi connectivity index (χ0) is 30.5. The van der Waals surface area contributed by atoms with Gasteiger partial charge in [-0.05, 0) is 60.4 Å². The fraction of sp³-hybridized carbons (Fsp3) is 0.200. The lowest BCUT2D eigenvalue weighted by Gasteiger charge is -2.09. The second kappa shape index (κ2) is 16.0. The number of halogens is 2. The maximum Gasteiger partial charge on any atom is 0.240 e. The molecule has 0 aliphatic heterocycles. The summed E-state index contributed by atoms with van der Waals surface area (Å²) in [6.07, 6.45) is 2.85. The Kier molecular flexibility index (Phi) is 12.2. The minimum atomic E-state index is -0.402. The Morgan fingerprint density at radius 3 is 1.33 bits per heavy atom. The first-order valence-corrected chi connectivity index (χ1v) is 13.7. The predicted octanol–water partition coefficient (Wildman–Crippen LogP) is 5.35. The van der Waals surface area contributed by atoms with Crippen molar-refractivity contribution in [2.45, 2.75) is 39.5 Å². The number of nitrogens with one attached hydrogen (secondary N) is 4. The van der Waals surface area contributed by atoms with E-state index in [-0.39, 0.29) is 37.5 Å². The summed E-state index contributed by atoms with van der Waals surface area (Å²) in [6.45, 7) is 3.60. The summed E-state index contributed by atoms with van der Waals surface area (Å²) >= 11 is 12.1. The van der Waals surface area contributed by atoms with Crippen LogP contribution in [0, 0.1) is 13.8 Å². The molecule has 0 atom stereocenters. The van der Waals surface area contributed by atoms with Crippen LogP contribution in [0.2, 0.25) is 10.0 Å². The minimum absolute atomic E-state index is 0.00617. The third-order valence-corrected chi connectivity index (χ3v) is 6.80. The van der Waals surface area contributed by atoms with Gasteiger partial charge in [0.2, 0.25) is 23.6 Å². The highest BCUT2D eigenvalue weighted by molar-refractivity contribution is 6.32. The van der Waals surface area contributed by atoms with Gasteiger partial charge in [0.15, 0.2) is 0 Å². The molecule has 0 saturated carbocycles. The van der Waals surface area contributed by atoms with Gasteiger partial charge in [-0.1, -0.05) is 59.6 Å². The molecule has 0 aliphatic rings. The lowest BCUT2D eigenvalue weighted by atomic mass is 10.2. The normalized spacial score (nSPS) is 11.0. The maximum atomic E-state index is 12.1. The van der Waals surface area contributed by atoms with Crippen molar-refractivity contribution in [1.82, 2.24) is 10.9 Å². The van der Waals surface area contributed by atoms with Crippen molar-refractivity contribution in [1.29, 1.82) is 0 Å². The quantitative estimate of drug-likeness (QED) is 0.162. The zero-order valence-electron chi connectivity index (χ0n) is 23.0. The summed E-state index contributed by atoms with van der Waals surface area (Å²) in [7, 11) is 0. The molecule has 3 aromatic carbocycles. The minimum Gasteiger partial charge on any atom is -0.326 e. The van der Waals surface area contributed by atoms with Crippen molar-refractivity contribution in [3.63, 3.8) is 0 Å². The standard InChI is InChI=1S/C30H30Cl2N6O4/c1-19-23(31)5-3-7-25(19)35-27(39)13-15-29(41)37-33-17-21-9-11-22(12-10-21)18-34-38-30(42)16-14-28(40)36-26-8-4-6-24(32)20(26)2/h3-12,17-18H,13-16H2,1-2H3,(H,35,39)(H,36,40)(H,37,41)(H,38,42)/b33-17-,34-18-. The van der Waals surface area contributed by atoms with Gasteiger partial charge >= 0.3 is 0 Å². The van der Waals surface area contributed by atoms with E-state index >= 15 is 0 Å². The first-order valence-electron chi connectivity index (χ1n) is 13.0. The highest BCUT2D eigenvalue weighted by Crippen LogP contribution is 2.24. The van der Waals surface area contributed by atoms with Gasteiger partial charge in [0, 0.05) is 47.1 Å². The van der Waals surface area contributed by atoms with Crippen LogP contribution in [0.3, 0.4) is 0 Å². The Labute approximate surface area is 253 Å². The molecular weight excluding hydrogens is 579 g/mol. The van der Waals surface area contributed by atoms with E-state index in [4.69, 9.17) is 23.2 Å². The third-order valence-electron chi connectivity index (χ3n) is 5.98. The number of hydrogen-bond donors (Lipinski definition) is 4. The van der Waals surface area contributed by atoms with Crippen molar-refractivity contribution in [3.05, 3.63) is 93.0 Å². The number of hydrazone groups is 2. The first-order chi connectivity index (χ1) is 20.1. The summed E-state index contributed by atoms with van der Waals surface area (Å²) in [5.74, 6) is -1.41. The van der Waals surface area contributed by atoms with Crippen LogP contribution in [0.5, 0.6) is 0 Å². The molecule has 0 fully saturated rings. The molecule has 0 spiro atoms. The second-order valence-corrected chi connectivity index (χ2v) is 9.99. The molecule has 0 aromatic heterocycles. The Hall–Kier alpha value is -4.54. The van der Waals surface area contributed by atoms with Crippen molar-refractivity contribution in [3.8, 4) is 0 Å². The average molecular weight is 610 g/mol. The van der Waals surface area contributed by atoms with Crippen LogP contribution in [0.25, 0.3) is 0 Å². The molecule has 0 saturated heterocycles. The Bertz CT molecular complexity index is 1390. The van der Waals surface area contributed by atoms with Crippen LogP contribution in [0.4, 0.5) is 11.4 Å². The highest BCUT2D eigenvalue weighted by Gasteiger charge is 2.10. The highest BCUT2D eigenvalue weighted by atomic mass is 35.5. The molecule has 42 heavy (non-hydrogen) atoms. The summed E-state index contributed by atoms with van der Waals surface area (Å²) in [4.78, 5) is 48.3. The molecule has 3 rings (SSSR count). The number of amides is 4. The molecule has 4 amide bonds. The summed E-state index contributed by atoms with van der Waals surface area (Å²) in [5.41, 5.74) is 8.93. The van der Waals surface area contributed by atoms with E-state index in [2.05, 4.69) is 31.7 Å². The van der Waals surface area contributed by atoms with Gasteiger partial charge in [0.05, 0.1) is 12.4 Å². The van der Waals surface area contributed by atoms with Crippen molar-refractivity contribution < 1.29 is 19.2 Å². The number of nitrogens with zero attached hydrogens (tertiary/aromatic N) is 2. The van der Waals surface area contributed by atoms with E-state index in [1.165, 1.54) is 12.4 Å². The van der Waals surface area contributed by atoms with Gasteiger partial charge < -0.3 is 10.6 Å². The molecule has 4 N–H and O–H groups in total. The van der Waals surface area contributed by atoms with E-state index < -0.39 is 11.8 Å². The lowest BCUT2D eigenvalue weighted by Crippen LogP contribution is -2.21. The molecule has 0 unspecified atom stereocenters. The molecule has 0 radical (unpaired) electrons. The number of carbonyl (C=O) groups is 4. The van der Waals surface area contributed by atoms with Crippen molar-refractivity contribution >= 4 is 70.6 Å². The van der Waals surface area contributed by atoms with Gasteiger partial charge in [-0.25, -0.2) is 10.9 Å². The van der Waals surface area contributed by atoms with Crippen LogP contribution in [0.15, 0.2) is 70.9 Å². The number of anilines is 2. The first kappa shape index (κ1) is 32.0. The van der Waals surface area contributed by atoms with Crippen LogP contribution >= 0.6 is 23.2 Å². The Balaban J connectivity index is 1.34. The van der Waals surface area contributed by atoms with Crippen LogP contribution in [-0.4, -0.2) is 36.1 Å². The van der Waals surface area contributed by atoms with Gasteiger partial charge in [0.1, 0.15) is 0 Å². The molecule has 12 heteroatoms. The Morgan fingerprint density at radius 2 is 0.952 bits per heavy atom. The third kappa shape index (κ3) is 10.5. The monoisotopic (exact) mass is 608 g/mol. The molecule has 218 valence electrons. The van der Waals surface area contributed by atoms with E-state index in [1.807, 2.05) is 0 Å². The molecule has 3 aromatic rings. The van der Waals surface area contributed by atoms with Gasteiger partial charge in [-0.2, -0.15) is 10.2 Å². The van der Waals surface area contributed by atoms with Crippen LogP contribution < -0.4 is 21.5 Å². The molecular formula is C30H30Cl2N6O4. The Morgan fingerprint density at radius 1 is 0.595 bits per heavy atom. The van der Waals surface area contributed by atoms with E-state index in [0.29, 0.717) is 32.5 Å². The molecule has 0 heterocycles. The second-order valence-electron chi connectivity index (χ2n) is 9.17. The topological polar surface area (TPSA) is 141 Å². The predicted molar refractivity (Wildman–Crippen MR) is 166 cm³/mol. The smallest absolute Gasteiger partial charge is 0.240 e. The van der Waals surface area contributed by atoms with Crippen LogP contribution in [-0.2, 0) is 19.2 Å². The van der Waals surface area contributed by atoms with Crippen LogP contribution in [0.1, 0.15) is 47.9 Å². The zero-order valence-corrected chi connectivity index (χ0v) is 24.6. The summed E-state index contributed by atoms with van der Waals surface area (Å²) in [5, 5.41) is 14.4. The molecule has 0 bridgehead atoms. The molecule has 10 nitrogen and oxygen atoms in total. The maximum absolute atomic E-state index is 12.1. The fourth-order valence-electron chi connectivity index (χ4n) is 3.50. The van der Waals surface area contributed by atoms with E-state index in [1.54, 1.807) is 74.5 Å².